The Hall–Kier alpha value is -0.860. The van der Waals surface area contributed by atoms with Gasteiger partial charge in [-0.2, -0.15) is 0 Å². The third-order valence-electron chi connectivity index (χ3n) is 2.09. The molecule has 14 heavy (non-hydrogen) atoms. The van der Waals surface area contributed by atoms with Gasteiger partial charge in [0.1, 0.15) is 5.78 Å². The van der Waals surface area contributed by atoms with E-state index in [4.69, 9.17) is 0 Å². The number of carbonyl (C=O) groups excluding carboxylic acids is 2. The molecule has 82 valence electrons. The molecule has 1 amide bonds. The maximum Gasteiger partial charge on any atom is 0.223 e. The number of hydrogen-bond donors (Lipinski definition) is 0. The number of carbonyl (C=O) groups is 2. The van der Waals surface area contributed by atoms with Crippen molar-refractivity contribution in [3.05, 3.63) is 0 Å². The molecule has 0 aromatic carbocycles. The van der Waals surface area contributed by atoms with Gasteiger partial charge in [0.15, 0.2) is 0 Å². The Kier molecular flexibility index (Phi) is 5.43. The summed E-state index contributed by atoms with van der Waals surface area (Å²) in [5, 5.41) is 0. The van der Waals surface area contributed by atoms with Gasteiger partial charge in [0, 0.05) is 24.9 Å². The van der Waals surface area contributed by atoms with E-state index in [0.717, 1.165) is 0 Å². The molecule has 3 nitrogen and oxygen atoms in total. The highest BCUT2D eigenvalue weighted by atomic mass is 16.2. The van der Waals surface area contributed by atoms with Crippen LogP contribution in [0.2, 0.25) is 0 Å². The van der Waals surface area contributed by atoms with Crippen LogP contribution in [0.3, 0.4) is 0 Å². The summed E-state index contributed by atoms with van der Waals surface area (Å²) in [6.45, 7) is 9.48. The number of amides is 1. The lowest BCUT2D eigenvalue weighted by Gasteiger charge is -2.30. The molecular formula is C11H21NO2. The van der Waals surface area contributed by atoms with E-state index < -0.39 is 0 Å². The van der Waals surface area contributed by atoms with E-state index in [1.807, 2.05) is 32.6 Å². The first-order valence-corrected chi connectivity index (χ1v) is 5.16. The zero-order chi connectivity index (χ0) is 11.3. The van der Waals surface area contributed by atoms with Crippen molar-refractivity contribution in [3.63, 3.8) is 0 Å². The van der Waals surface area contributed by atoms with Crippen molar-refractivity contribution < 1.29 is 9.59 Å². The van der Waals surface area contributed by atoms with E-state index in [9.17, 15) is 9.59 Å². The molecule has 0 atom stereocenters. The maximum atomic E-state index is 11.7. The van der Waals surface area contributed by atoms with E-state index in [-0.39, 0.29) is 23.8 Å². The SMILES string of the molecule is CC(=O)CCC(=O)N(C(C)C)C(C)C. The molecule has 3 heteroatoms. The van der Waals surface area contributed by atoms with Gasteiger partial charge in [-0.3, -0.25) is 4.79 Å². The zero-order valence-corrected chi connectivity index (χ0v) is 9.83. The van der Waals surface area contributed by atoms with Crippen LogP contribution in [0, 0.1) is 0 Å². The molecule has 0 N–H and O–H groups in total. The Bertz CT molecular complexity index is 201. The second-order valence-electron chi connectivity index (χ2n) is 4.19. The topological polar surface area (TPSA) is 37.4 Å². The first-order chi connectivity index (χ1) is 6.36. The molecule has 0 aliphatic heterocycles. The molecule has 0 aromatic heterocycles. The highest BCUT2D eigenvalue weighted by molar-refractivity contribution is 5.83. The van der Waals surface area contributed by atoms with Crippen molar-refractivity contribution in [2.45, 2.75) is 59.5 Å². The number of rotatable bonds is 5. The van der Waals surface area contributed by atoms with E-state index >= 15 is 0 Å². The van der Waals surface area contributed by atoms with Gasteiger partial charge in [-0.1, -0.05) is 0 Å². The molecular weight excluding hydrogens is 178 g/mol. The molecule has 0 aromatic rings. The highest BCUT2D eigenvalue weighted by Crippen LogP contribution is 2.08. The highest BCUT2D eigenvalue weighted by Gasteiger charge is 2.19. The summed E-state index contributed by atoms with van der Waals surface area (Å²) in [4.78, 5) is 24.3. The van der Waals surface area contributed by atoms with E-state index in [0.29, 0.717) is 12.8 Å². The van der Waals surface area contributed by atoms with Crippen LogP contribution in [0.4, 0.5) is 0 Å². The van der Waals surface area contributed by atoms with Crippen LogP contribution >= 0.6 is 0 Å². The Labute approximate surface area is 86.5 Å². The van der Waals surface area contributed by atoms with Crippen molar-refractivity contribution in [1.82, 2.24) is 4.90 Å². The van der Waals surface area contributed by atoms with E-state index in [1.165, 1.54) is 6.92 Å². The fourth-order valence-corrected chi connectivity index (χ4v) is 1.58. The molecule has 0 aliphatic rings. The fourth-order valence-electron chi connectivity index (χ4n) is 1.58. The van der Waals surface area contributed by atoms with Crippen molar-refractivity contribution in [2.24, 2.45) is 0 Å². The Morgan fingerprint density at radius 2 is 1.43 bits per heavy atom. The van der Waals surface area contributed by atoms with Crippen molar-refractivity contribution in [1.29, 1.82) is 0 Å². The summed E-state index contributed by atoms with van der Waals surface area (Å²) in [5.74, 6) is 0.149. The number of ketones is 1. The minimum Gasteiger partial charge on any atom is -0.338 e. The van der Waals surface area contributed by atoms with Gasteiger partial charge in [0.25, 0.3) is 0 Å². The molecule has 0 heterocycles. The molecule has 0 radical (unpaired) electrons. The molecule has 0 saturated carbocycles. The lowest BCUT2D eigenvalue weighted by atomic mass is 10.1. The molecule has 0 saturated heterocycles. The minimum atomic E-state index is 0.0743. The standard InChI is InChI=1S/C11H21NO2/c1-8(2)12(9(3)4)11(14)7-6-10(5)13/h8-9H,6-7H2,1-5H3. The first kappa shape index (κ1) is 13.1. The quantitative estimate of drug-likeness (QED) is 0.679. The lowest BCUT2D eigenvalue weighted by molar-refractivity contribution is -0.136. The van der Waals surface area contributed by atoms with Crippen LogP contribution in [0.5, 0.6) is 0 Å². The Balaban J connectivity index is 4.23. The monoisotopic (exact) mass is 199 g/mol. The Morgan fingerprint density at radius 3 is 1.71 bits per heavy atom. The maximum absolute atomic E-state index is 11.7. The number of nitrogens with zero attached hydrogens (tertiary/aromatic N) is 1. The largest absolute Gasteiger partial charge is 0.338 e. The van der Waals surface area contributed by atoms with Crippen LogP contribution < -0.4 is 0 Å². The summed E-state index contributed by atoms with van der Waals surface area (Å²) in [6, 6.07) is 0.406. The van der Waals surface area contributed by atoms with Gasteiger partial charge in [0.05, 0.1) is 0 Å². The van der Waals surface area contributed by atoms with Crippen LogP contribution in [0.1, 0.15) is 47.5 Å². The van der Waals surface area contributed by atoms with E-state index in [2.05, 4.69) is 0 Å². The molecule has 0 fully saturated rings. The fraction of sp³-hybridized carbons (Fsp3) is 0.818. The second-order valence-corrected chi connectivity index (χ2v) is 4.19. The van der Waals surface area contributed by atoms with Crippen LogP contribution in [0.15, 0.2) is 0 Å². The zero-order valence-electron chi connectivity index (χ0n) is 9.83. The lowest BCUT2D eigenvalue weighted by Crippen LogP contribution is -2.42. The molecule has 0 spiro atoms. The molecule has 0 bridgehead atoms. The van der Waals surface area contributed by atoms with Gasteiger partial charge in [0.2, 0.25) is 5.91 Å². The van der Waals surface area contributed by atoms with Gasteiger partial charge < -0.3 is 9.69 Å². The summed E-state index contributed by atoms with van der Waals surface area (Å²) in [5.41, 5.74) is 0. The third-order valence-corrected chi connectivity index (χ3v) is 2.09. The second kappa shape index (κ2) is 5.78. The summed E-state index contributed by atoms with van der Waals surface area (Å²) >= 11 is 0. The van der Waals surface area contributed by atoms with Crippen LogP contribution in [0.25, 0.3) is 0 Å². The van der Waals surface area contributed by atoms with Crippen molar-refractivity contribution in [2.75, 3.05) is 0 Å². The summed E-state index contributed by atoms with van der Waals surface area (Å²) < 4.78 is 0. The first-order valence-electron chi connectivity index (χ1n) is 5.16. The summed E-state index contributed by atoms with van der Waals surface area (Å²) in [6.07, 6.45) is 0.695. The number of hydrogen-bond acceptors (Lipinski definition) is 2. The van der Waals surface area contributed by atoms with Crippen LogP contribution in [-0.2, 0) is 9.59 Å². The normalized spacial score (nSPS) is 10.8. The number of Topliss-reactive ketones (excluding diaryl/α,β-unsaturated/α-hetero) is 1. The smallest absolute Gasteiger partial charge is 0.223 e. The Morgan fingerprint density at radius 1 is 1.00 bits per heavy atom. The summed E-state index contributed by atoms with van der Waals surface area (Å²) in [7, 11) is 0. The van der Waals surface area contributed by atoms with E-state index in [1.54, 1.807) is 0 Å². The van der Waals surface area contributed by atoms with Gasteiger partial charge in [-0.05, 0) is 34.6 Å². The van der Waals surface area contributed by atoms with Crippen LogP contribution in [-0.4, -0.2) is 28.7 Å². The molecule has 0 aliphatic carbocycles. The predicted molar refractivity (Wildman–Crippen MR) is 57.0 cm³/mol. The van der Waals surface area contributed by atoms with Crippen molar-refractivity contribution in [3.8, 4) is 0 Å². The third kappa shape index (κ3) is 4.40. The average molecular weight is 199 g/mol. The van der Waals surface area contributed by atoms with Gasteiger partial charge in [-0.25, -0.2) is 0 Å². The molecule has 0 rings (SSSR count). The minimum absolute atomic E-state index is 0.0743. The molecule has 0 unspecified atom stereocenters. The van der Waals surface area contributed by atoms with Crippen molar-refractivity contribution >= 4 is 11.7 Å². The average Bonchev–Trinajstić information content (AvgIpc) is 1.99. The predicted octanol–water partition coefficient (Wildman–Crippen LogP) is 2.00. The van der Waals surface area contributed by atoms with Gasteiger partial charge >= 0.3 is 0 Å². The van der Waals surface area contributed by atoms with Gasteiger partial charge in [-0.15, -0.1) is 0 Å².